The fourth-order valence-electron chi connectivity index (χ4n) is 2.85. The number of nitrogens with zero attached hydrogens (tertiary/aromatic N) is 2. The molecule has 1 aromatic heterocycles. The largest absolute Gasteiger partial charge is 0.504 e. The van der Waals surface area contributed by atoms with E-state index in [4.69, 9.17) is 4.74 Å². The average Bonchev–Trinajstić information content (AvgIpc) is 2.70. The molecule has 1 unspecified atom stereocenters. The van der Waals surface area contributed by atoms with Crippen LogP contribution in [-0.2, 0) is 0 Å². The number of aromatic nitrogens is 2. The molecular weight excluding hydrogens is 342 g/mol. The van der Waals surface area contributed by atoms with Crippen LogP contribution in [0, 0.1) is 6.92 Å². The first-order chi connectivity index (χ1) is 13.1. The molecule has 2 aromatic carbocycles. The van der Waals surface area contributed by atoms with Gasteiger partial charge in [0.2, 0.25) is 0 Å². The summed E-state index contributed by atoms with van der Waals surface area (Å²) in [5, 5.41) is 22.7. The van der Waals surface area contributed by atoms with E-state index in [1.165, 1.54) is 7.11 Å². The molecule has 0 bridgehead atoms. The van der Waals surface area contributed by atoms with Gasteiger partial charge < -0.3 is 20.3 Å². The highest BCUT2D eigenvalue weighted by atomic mass is 16.5. The molecule has 0 radical (unpaired) electrons. The van der Waals surface area contributed by atoms with Crippen molar-refractivity contribution in [3.8, 4) is 22.9 Å². The summed E-state index contributed by atoms with van der Waals surface area (Å²) in [6, 6.07) is 14.9. The van der Waals surface area contributed by atoms with Crippen LogP contribution in [0.3, 0.4) is 0 Å². The Balaban J connectivity index is 1.93. The van der Waals surface area contributed by atoms with Crippen LogP contribution in [0.1, 0.15) is 23.6 Å². The summed E-state index contributed by atoms with van der Waals surface area (Å²) < 4.78 is 5.17. The first-order valence-corrected chi connectivity index (χ1v) is 8.75. The Labute approximate surface area is 158 Å². The summed E-state index contributed by atoms with van der Waals surface area (Å²) in [4.78, 5) is 9.06. The smallest absolute Gasteiger partial charge is 0.161 e. The Hall–Kier alpha value is -3.12. The number of phenolic OH excluding ortho intramolecular Hbond substituents is 1. The molecule has 0 spiro atoms. The Bertz CT molecular complexity index is 900. The van der Waals surface area contributed by atoms with E-state index in [0.717, 1.165) is 16.7 Å². The lowest BCUT2D eigenvalue weighted by Crippen LogP contribution is -2.14. The number of nitrogens with one attached hydrogen (secondary N) is 1. The highest BCUT2D eigenvalue weighted by Crippen LogP contribution is 2.31. The number of hydrogen-bond acceptors (Lipinski definition) is 6. The van der Waals surface area contributed by atoms with Crippen molar-refractivity contribution in [3.63, 3.8) is 0 Å². The number of rotatable bonds is 7. The first kappa shape index (κ1) is 18.7. The molecular formula is C21H23N3O3. The zero-order chi connectivity index (χ0) is 19.2. The van der Waals surface area contributed by atoms with Crippen LogP contribution >= 0.6 is 0 Å². The van der Waals surface area contributed by atoms with Crippen molar-refractivity contribution in [2.24, 2.45) is 0 Å². The summed E-state index contributed by atoms with van der Waals surface area (Å²) in [5.41, 5.74) is 2.73. The van der Waals surface area contributed by atoms with Crippen LogP contribution in [0.2, 0.25) is 0 Å². The van der Waals surface area contributed by atoms with Gasteiger partial charge in [0.05, 0.1) is 13.2 Å². The van der Waals surface area contributed by atoms with Crippen molar-refractivity contribution in [1.82, 2.24) is 9.97 Å². The third-order valence-corrected chi connectivity index (χ3v) is 4.34. The van der Waals surface area contributed by atoms with Crippen LogP contribution in [0.25, 0.3) is 11.4 Å². The minimum absolute atomic E-state index is 0.0630. The van der Waals surface area contributed by atoms with Crippen molar-refractivity contribution in [2.45, 2.75) is 19.4 Å². The summed E-state index contributed by atoms with van der Waals surface area (Å²) in [6.45, 7) is 2.00. The lowest BCUT2D eigenvalue weighted by molar-refractivity contribution is 0.280. The van der Waals surface area contributed by atoms with Crippen LogP contribution in [0.4, 0.5) is 5.82 Å². The van der Waals surface area contributed by atoms with Gasteiger partial charge in [0.25, 0.3) is 0 Å². The molecule has 3 N–H and O–H groups in total. The van der Waals surface area contributed by atoms with E-state index in [-0.39, 0.29) is 18.4 Å². The first-order valence-electron chi connectivity index (χ1n) is 8.75. The Morgan fingerprint density at radius 1 is 1.15 bits per heavy atom. The van der Waals surface area contributed by atoms with E-state index in [1.54, 1.807) is 24.4 Å². The molecule has 27 heavy (non-hydrogen) atoms. The van der Waals surface area contributed by atoms with Gasteiger partial charge in [-0.05, 0) is 37.1 Å². The number of ether oxygens (including phenoxy) is 1. The van der Waals surface area contributed by atoms with Crippen molar-refractivity contribution in [2.75, 3.05) is 19.0 Å². The highest BCUT2D eigenvalue weighted by Gasteiger charge is 2.15. The van der Waals surface area contributed by atoms with Gasteiger partial charge >= 0.3 is 0 Å². The predicted octanol–water partition coefficient (Wildman–Crippen LogP) is 3.70. The van der Waals surface area contributed by atoms with E-state index in [9.17, 15) is 10.2 Å². The second kappa shape index (κ2) is 8.51. The standard InChI is InChI=1S/C21H23N3O3/c1-14-13-22-21(16-8-9-18(26)19(12-16)27-2)24-20(14)23-17(10-11-25)15-6-4-3-5-7-15/h3-9,12-13,17,25-26H,10-11H2,1-2H3,(H,22,23,24). The normalized spacial score (nSPS) is 11.8. The Morgan fingerprint density at radius 2 is 1.93 bits per heavy atom. The minimum atomic E-state index is -0.0630. The Morgan fingerprint density at radius 3 is 2.63 bits per heavy atom. The molecule has 3 rings (SSSR count). The average molecular weight is 365 g/mol. The molecule has 0 fully saturated rings. The van der Waals surface area contributed by atoms with E-state index >= 15 is 0 Å². The van der Waals surface area contributed by atoms with Gasteiger partial charge in [0.15, 0.2) is 17.3 Å². The van der Waals surface area contributed by atoms with E-state index in [2.05, 4.69) is 15.3 Å². The van der Waals surface area contributed by atoms with Crippen LogP contribution < -0.4 is 10.1 Å². The quantitative estimate of drug-likeness (QED) is 0.592. The van der Waals surface area contributed by atoms with Crippen molar-refractivity contribution >= 4 is 5.82 Å². The fourth-order valence-corrected chi connectivity index (χ4v) is 2.85. The molecule has 1 atom stereocenters. The SMILES string of the molecule is COc1cc(-c2ncc(C)c(NC(CCO)c3ccccc3)n2)ccc1O. The van der Waals surface area contributed by atoms with Crippen LogP contribution in [0.15, 0.2) is 54.7 Å². The monoisotopic (exact) mass is 365 g/mol. The zero-order valence-corrected chi connectivity index (χ0v) is 15.4. The number of aryl methyl sites for hydroxylation is 1. The molecule has 6 heteroatoms. The van der Waals surface area contributed by atoms with Gasteiger partial charge in [-0.15, -0.1) is 0 Å². The van der Waals surface area contributed by atoms with Gasteiger partial charge in [0.1, 0.15) is 5.82 Å². The fraction of sp³-hybridized carbons (Fsp3) is 0.238. The molecule has 0 aliphatic carbocycles. The minimum Gasteiger partial charge on any atom is -0.504 e. The topological polar surface area (TPSA) is 87.5 Å². The number of aromatic hydroxyl groups is 1. The lowest BCUT2D eigenvalue weighted by atomic mass is 10.0. The Kier molecular flexibility index (Phi) is 5.88. The maximum atomic E-state index is 9.78. The maximum absolute atomic E-state index is 9.78. The summed E-state index contributed by atoms with van der Waals surface area (Å²) in [6.07, 6.45) is 2.32. The van der Waals surface area contributed by atoms with Crippen molar-refractivity contribution in [3.05, 3.63) is 65.9 Å². The number of hydrogen-bond donors (Lipinski definition) is 3. The molecule has 0 aliphatic rings. The number of aliphatic hydroxyl groups is 1. The van der Waals surface area contributed by atoms with E-state index in [0.29, 0.717) is 23.8 Å². The predicted molar refractivity (Wildman–Crippen MR) is 105 cm³/mol. The molecule has 6 nitrogen and oxygen atoms in total. The summed E-state index contributed by atoms with van der Waals surface area (Å²) >= 11 is 0. The van der Waals surface area contributed by atoms with Gasteiger partial charge in [-0.1, -0.05) is 30.3 Å². The number of benzene rings is 2. The van der Waals surface area contributed by atoms with Gasteiger partial charge in [-0.2, -0.15) is 0 Å². The highest BCUT2D eigenvalue weighted by molar-refractivity contribution is 5.63. The third kappa shape index (κ3) is 4.35. The van der Waals surface area contributed by atoms with Crippen molar-refractivity contribution < 1.29 is 14.9 Å². The number of aliphatic hydroxyl groups excluding tert-OH is 1. The maximum Gasteiger partial charge on any atom is 0.161 e. The number of phenols is 1. The number of anilines is 1. The van der Waals surface area contributed by atoms with Crippen LogP contribution in [0.5, 0.6) is 11.5 Å². The van der Waals surface area contributed by atoms with Crippen molar-refractivity contribution in [1.29, 1.82) is 0 Å². The van der Waals surface area contributed by atoms with Gasteiger partial charge in [-0.25, -0.2) is 9.97 Å². The number of methoxy groups -OCH3 is 1. The molecule has 0 saturated heterocycles. The second-order valence-electron chi connectivity index (χ2n) is 6.23. The lowest BCUT2D eigenvalue weighted by Gasteiger charge is -2.20. The second-order valence-corrected chi connectivity index (χ2v) is 6.23. The molecule has 0 aliphatic heterocycles. The molecule has 1 heterocycles. The van der Waals surface area contributed by atoms with E-state index < -0.39 is 0 Å². The summed E-state index contributed by atoms with van der Waals surface area (Å²) in [5.74, 6) is 1.67. The third-order valence-electron chi connectivity index (χ3n) is 4.34. The zero-order valence-electron chi connectivity index (χ0n) is 15.4. The van der Waals surface area contributed by atoms with Gasteiger partial charge in [-0.3, -0.25) is 0 Å². The summed E-state index contributed by atoms with van der Waals surface area (Å²) in [7, 11) is 1.50. The van der Waals surface area contributed by atoms with Gasteiger partial charge in [0, 0.05) is 23.9 Å². The molecule has 0 saturated carbocycles. The van der Waals surface area contributed by atoms with Crippen LogP contribution in [-0.4, -0.2) is 33.9 Å². The molecule has 3 aromatic rings. The molecule has 0 amide bonds. The van der Waals surface area contributed by atoms with E-state index in [1.807, 2.05) is 37.3 Å². The molecule has 140 valence electrons.